The highest BCUT2D eigenvalue weighted by molar-refractivity contribution is 7.89. The number of aromatic amines is 1. The zero-order valence-corrected chi connectivity index (χ0v) is 25.1. The van der Waals surface area contributed by atoms with E-state index in [0.29, 0.717) is 54.7 Å². The van der Waals surface area contributed by atoms with Crippen LogP contribution in [0.4, 0.5) is 5.69 Å². The Morgan fingerprint density at radius 3 is 2.33 bits per heavy atom. The smallest absolute Gasteiger partial charge is 0.243 e. The Kier molecular flexibility index (Phi) is 8.04. The van der Waals surface area contributed by atoms with E-state index in [0.717, 1.165) is 39.6 Å². The number of rotatable bonds is 8. The molecule has 9 nitrogen and oxygen atoms in total. The summed E-state index contributed by atoms with van der Waals surface area (Å²) in [5.74, 6) is 1.59. The molecule has 6 rings (SSSR count). The van der Waals surface area contributed by atoms with Crippen molar-refractivity contribution < 1.29 is 13.2 Å². The molecule has 1 saturated heterocycles. The van der Waals surface area contributed by atoms with Crippen LogP contribution in [0.1, 0.15) is 11.5 Å². The number of anilines is 1. The van der Waals surface area contributed by atoms with Crippen molar-refractivity contribution in [3.63, 3.8) is 0 Å². The number of ether oxygens (including phenoxy) is 1. The molecular weight excluding hydrogens is 595 g/mol. The summed E-state index contributed by atoms with van der Waals surface area (Å²) in [7, 11) is -2.00. The van der Waals surface area contributed by atoms with Gasteiger partial charge in [0.15, 0.2) is 5.65 Å². The van der Waals surface area contributed by atoms with Gasteiger partial charge in [0.1, 0.15) is 17.1 Å². The SMILES string of the molecule is COc1ccnc(CCc2nc3cc(-c4ccc(S(=O)(=O)N5CCN(c6cc(Cl)cc(Cl)c6)CC5)cc4)cnc3[nH]2)c1. The molecule has 0 bridgehead atoms. The molecule has 1 aliphatic heterocycles. The van der Waals surface area contributed by atoms with Crippen molar-refractivity contribution in [1.29, 1.82) is 0 Å². The Bertz CT molecular complexity index is 1820. The van der Waals surface area contributed by atoms with Gasteiger partial charge in [-0.1, -0.05) is 35.3 Å². The minimum atomic E-state index is -3.64. The molecule has 1 aliphatic rings. The molecular formula is C30H28Cl2N6O3S. The van der Waals surface area contributed by atoms with Gasteiger partial charge >= 0.3 is 0 Å². The number of aromatic nitrogens is 4. The fourth-order valence-electron chi connectivity index (χ4n) is 5.06. The summed E-state index contributed by atoms with van der Waals surface area (Å²) in [5, 5.41) is 1.11. The van der Waals surface area contributed by atoms with Gasteiger partial charge in [-0.2, -0.15) is 4.31 Å². The second kappa shape index (κ2) is 11.9. The van der Waals surface area contributed by atoms with Crippen LogP contribution >= 0.6 is 23.2 Å². The predicted octanol–water partition coefficient (Wildman–Crippen LogP) is 5.63. The summed E-state index contributed by atoms with van der Waals surface area (Å²) in [6.07, 6.45) is 4.89. The average molecular weight is 624 g/mol. The molecule has 12 heteroatoms. The Balaban J connectivity index is 1.12. The Morgan fingerprint density at radius 1 is 0.881 bits per heavy atom. The summed E-state index contributed by atoms with van der Waals surface area (Å²) >= 11 is 12.3. The Hall–Kier alpha value is -3.70. The molecule has 216 valence electrons. The molecule has 5 aromatic rings. The van der Waals surface area contributed by atoms with Gasteiger partial charge in [-0.05, 0) is 54.4 Å². The molecule has 1 N–H and O–H groups in total. The lowest BCUT2D eigenvalue weighted by atomic mass is 10.1. The first-order valence-corrected chi connectivity index (χ1v) is 15.6. The van der Waals surface area contributed by atoms with Crippen LogP contribution in [0.5, 0.6) is 5.75 Å². The van der Waals surface area contributed by atoms with E-state index in [1.807, 2.05) is 42.5 Å². The highest BCUT2D eigenvalue weighted by Gasteiger charge is 2.29. The largest absolute Gasteiger partial charge is 0.497 e. The molecule has 42 heavy (non-hydrogen) atoms. The quantitative estimate of drug-likeness (QED) is 0.239. The Morgan fingerprint density at radius 2 is 1.62 bits per heavy atom. The second-order valence-corrected chi connectivity index (χ2v) is 12.8. The monoisotopic (exact) mass is 622 g/mol. The average Bonchev–Trinajstić information content (AvgIpc) is 3.42. The topological polar surface area (TPSA) is 104 Å². The second-order valence-electron chi connectivity index (χ2n) is 10.0. The molecule has 1 fully saturated rings. The number of H-pyrrole nitrogens is 1. The third-order valence-corrected chi connectivity index (χ3v) is 9.65. The standard InChI is InChI=1S/C30H28Cl2N6O3S/c1-41-26-8-9-33-24(18-26)4-7-29-35-28-14-21(19-34-30(28)36-29)20-2-5-27(6-3-20)42(39,40)38-12-10-37(11-13-38)25-16-22(31)15-23(32)17-25/h2-3,5-6,8-9,14-19H,4,7,10-13H2,1H3,(H,34,35,36). The number of fused-ring (bicyclic) bond motifs is 1. The van der Waals surface area contributed by atoms with Gasteiger partial charge in [0.05, 0.1) is 12.0 Å². The number of nitrogens with zero attached hydrogens (tertiary/aromatic N) is 5. The maximum absolute atomic E-state index is 13.4. The van der Waals surface area contributed by atoms with Gasteiger partial charge in [-0.15, -0.1) is 0 Å². The summed E-state index contributed by atoms with van der Waals surface area (Å²) in [6, 6.07) is 18.0. The third-order valence-electron chi connectivity index (χ3n) is 7.30. The van der Waals surface area contributed by atoms with Crippen molar-refractivity contribution in [2.45, 2.75) is 17.7 Å². The zero-order valence-electron chi connectivity index (χ0n) is 22.8. The highest BCUT2D eigenvalue weighted by atomic mass is 35.5. The van der Waals surface area contributed by atoms with Gasteiger partial charge in [0.2, 0.25) is 10.0 Å². The van der Waals surface area contributed by atoms with E-state index in [9.17, 15) is 8.42 Å². The van der Waals surface area contributed by atoms with Crippen molar-refractivity contribution in [3.8, 4) is 16.9 Å². The summed E-state index contributed by atoms with van der Waals surface area (Å²) in [6.45, 7) is 1.82. The number of pyridine rings is 2. The molecule has 0 spiro atoms. The number of sulfonamides is 1. The van der Waals surface area contributed by atoms with E-state index >= 15 is 0 Å². The number of piperazine rings is 1. The van der Waals surface area contributed by atoms with Gasteiger partial charge in [-0.3, -0.25) is 4.98 Å². The zero-order chi connectivity index (χ0) is 29.3. The Labute approximate surface area is 254 Å². The molecule has 0 unspecified atom stereocenters. The van der Waals surface area contributed by atoms with E-state index in [1.54, 1.807) is 37.7 Å². The van der Waals surface area contributed by atoms with Crippen LogP contribution in [0.3, 0.4) is 0 Å². The van der Waals surface area contributed by atoms with E-state index < -0.39 is 10.0 Å². The maximum Gasteiger partial charge on any atom is 0.243 e. The van der Waals surface area contributed by atoms with Crippen molar-refractivity contribution >= 4 is 50.1 Å². The molecule has 0 saturated carbocycles. The van der Waals surface area contributed by atoms with Crippen molar-refractivity contribution in [2.75, 3.05) is 38.2 Å². The van der Waals surface area contributed by atoms with Gasteiger partial charge < -0.3 is 14.6 Å². The number of benzene rings is 2. The lowest BCUT2D eigenvalue weighted by Gasteiger charge is -2.35. The molecule has 0 radical (unpaired) electrons. The molecule has 0 amide bonds. The lowest BCUT2D eigenvalue weighted by Crippen LogP contribution is -2.48. The van der Waals surface area contributed by atoms with Crippen molar-refractivity contribution in [2.24, 2.45) is 0 Å². The first-order valence-electron chi connectivity index (χ1n) is 13.4. The van der Waals surface area contributed by atoms with Gasteiger partial charge in [-0.25, -0.2) is 18.4 Å². The molecule has 3 aromatic heterocycles. The number of imidazole rings is 1. The molecule has 0 atom stereocenters. The minimum Gasteiger partial charge on any atom is -0.497 e. The number of halogens is 2. The molecule has 2 aromatic carbocycles. The number of aryl methyl sites for hydroxylation is 2. The van der Waals surface area contributed by atoms with Crippen molar-refractivity contribution in [3.05, 3.63) is 94.6 Å². The summed E-state index contributed by atoms with van der Waals surface area (Å²) < 4.78 is 33.6. The lowest BCUT2D eigenvalue weighted by molar-refractivity contribution is 0.385. The number of hydrogen-bond donors (Lipinski definition) is 1. The highest BCUT2D eigenvalue weighted by Crippen LogP contribution is 2.29. The van der Waals surface area contributed by atoms with Crippen molar-refractivity contribution in [1.82, 2.24) is 24.2 Å². The van der Waals surface area contributed by atoms with Crippen LogP contribution < -0.4 is 9.64 Å². The fourth-order valence-corrected chi connectivity index (χ4v) is 7.00. The minimum absolute atomic E-state index is 0.257. The fraction of sp³-hybridized carbons (Fsp3) is 0.233. The normalized spacial score (nSPS) is 14.4. The van der Waals surface area contributed by atoms with Gasteiger partial charge in [0.25, 0.3) is 0 Å². The third kappa shape index (κ3) is 6.07. The predicted molar refractivity (Wildman–Crippen MR) is 165 cm³/mol. The van der Waals surface area contributed by atoms with E-state index in [-0.39, 0.29) is 4.90 Å². The molecule has 0 aliphatic carbocycles. The maximum atomic E-state index is 13.4. The summed E-state index contributed by atoms with van der Waals surface area (Å²) in [5.41, 5.74) is 4.97. The van der Waals surface area contributed by atoms with Crippen LogP contribution in [-0.4, -0.2) is 65.9 Å². The van der Waals surface area contributed by atoms with Crippen LogP contribution in [0.25, 0.3) is 22.3 Å². The molecule has 4 heterocycles. The first kappa shape index (κ1) is 28.4. The van der Waals surface area contributed by atoms with E-state index in [2.05, 4.69) is 19.9 Å². The van der Waals surface area contributed by atoms with E-state index in [4.69, 9.17) is 32.9 Å². The number of methoxy groups -OCH3 is 1. The number of nitrogens with one attached hydrogen (secondary N) is 1. The number of hydrogen-bond acceptors (Lipinski definition) is 7. The van der Waals surface area contributed by atoms with E-state index in [1.165, 1.54) is 4.31 Å². The van der Waals surface area contributed by atoms with Crippen LogP contribution in [0, 0.1) is 0 Å². The van der Waals surface area contributed by atoms with Gasteiger partial charge in [0, 0.05) is 78.0 Å². The van der Waals surface area contributed by atoms with Crippen LogP contribution in [0.15, 0.2) is 78.0 Å². The van der Waals surface area contributed by atoms with Crippen LogP contribution in [0.2, 0.25) is 10.0 Å². The summed E-state index contributed by atoms with van der Waals surface area (Å²) in [4.78, 5) is 19.3. The van der Waals surface area contributed by atoms with Crippen LogP contribution in [-0.2, 0) is 22.9 Å². The first-order chi connectivity index (χ1) is 20.3.